The van der Waals surface area contributed by atoms with Crippen LogP contribution >= 0.6 is 11.3 Å². The van der Waals surface area contributed by atoms with Crippen molar-refractivity contribution in [1.29, 1.82) is 0 Å². The third-order valence-corrected chi connectivity index (χ3v) is 11.0. The van der Waals surface area contributed by atoms with Crippen LogP contribution in [-0.4, -0.2) is 68.1 Å². The Labute approximate surface area is 280 Å². The monoisotopic (exact) mass is 662 g/mol. The average molecular weight is 663 g/mol. The minimum absolute atomic E-state index is 0.00403. The van der Waals surface area contributed by atoms with Crippen molar-refractivity contribution in [2.45, 2.75) is 160 Å². The van der Waals surface area contributed by atoms with Gasteiger partial charge in [0.05, 0.1) is 18.3 Å². The molecule has 0 amide bonds. The number of hydrogen-bond donors (Lipinski definition) is 1. The lowest BCUT2D eigenvalue weighted by molar-refractivity contribution is -0.204. The van der Waals surface area contributed by atoms with Crippen molar-refractivity contribution < 1.29 is 38.3 Å². The third kappa shape index (κ3) is 11.7. The number of aryl methyl sites for hydroxylation is 2. The fourth-order valence-electron chi connectivity index (χ4n) is 7.51. The van der Waals surface area contributed by atoms with Gasteiger partial charge >= 0.3 is 5.97 Å². The van der Waals surface area contributed by atoms with E-state index < -0.39 is 5.97 Å². The topological polar surface area (TPSA) is 92.7 Å². The van der Waals surface area contributed by atoms with Crippen molar-refractivity contribution in [2.24, 2.45) is 11.8 Å². The molecule has 260 valence electrons. The summed E-state index contributed by atoms with van der Waals surface area (Å²) in [6.07, 6.45) is 21.4. The molecule has 46 heavy (non-hydrogen) atoms. The first-order chi connectivity index (χ1) is 22.5. The normalized spacial score (nSPS) is 31.4. The first-order valence-corrected chi connectivity index (χ1v) is 19.2. The maximum atomic E-state index is 11.0. The zero-order valence-corrected chi connectivity index (χ0v) is 28.8. The number of hydrogen-bond acceptors (Lipinski definition) is 8. The first kappa shape index (κ1) is 36.0. The van der Waals surface area contributed by atoms with Crippen molar-refractivity contribution >= 4 is 17.3 Å². The second-order valence-electron chi connectivity index (χ2n) is 13.7. The number of ether oxygens (including phenoxy) is 6. The van der Waals surface area contributed by atoms with E-state index in [1.54, 1.807) is 11.3 Å². The number of carboxylic acid groups (broad SMARTS) is 1. The summed E-state index contributed by atoms with van der Waals surface area (Å²) in [4.78, 5) is 12.4. The Balaban J connectivity index is 1.32. The number of carbonyl (C=O) groups is 1. The quantitative estimate of drug-likeness (QED) is 0.124. The highest BCUT2D eigenvalue weighted by atomic mass is 32.1. The van der Waals surface area contributed by atoms with Crippen LogP contribution in [0.3, 0.4) is 0 Å². The molecule has 1 aromatic heterocycles. The van der Waals surface area contributed by atoms with Gasteiger partial charge in [-0.15, -0.1) is 11.3 Å². The van der Waals surface area contributed by atoms with E-state index in [1.807, 2.05) is 0 Å². The molecule has 1 aromatic rings. The van der Waals surface area contributed by atoms with E-state index in [9.17, 15) is 4.79 Å². The Hall–Kier alpha value is -1.33. The Morgan fingerprint density at radius 1 is 0.913 bits per heavy atom. The molecule has 0 aromatic carbocycles. The predicted molar refractivity (Wildman–Crippen MR) is 179 cm³/mol. The SMILES string of the molecule is Cc1sccc1CC[C@@H](C=C[C@@H]1[C@@H](CCCCCCC(=O)O)[C@@H](OC2CCCCO2)C[C@H]1OC1CCCCO1)OC1CCCCO1. The van der Waals surface area contributed by atoms with Gasteiger partial charge in [0.2, 0.25) is 0 Å². The van der Waals surface area contributed by atoms with Crippen LogP contribution in [0.15, 0.2) is 23.6 Å². The first-order valence-electron chi connectivity index (χ1n) is 18.3. The van der Waals surface area contributed by atoms with E-state index >= 15 is 0 Å². The lowest BCUT2D eigenvalue weighted by Crippen LogP contribution is -2.32. The Kier molecular flexibility index (Phi) is 15.3. The van der Waals surface area contributed by atoms with Crippen LogP contribution in [0.4, 0.5) is 0 Å². The summed E-state index contributed by atoms with van der Waals surface area (Å²) in [6.45, 7) is 4.48. The molecule has 8 nitrogen and oxygen atoms in total. The van der Waals surface area contributed by atoms with Gasteiger partial charge in [0.15, 0.2) is 18.9 Å². The second-order valence-corrected chi connectivity index (χ2v) is 14.8. The average Bonchev–Trinajstić information content (AvgIpc) is 3.63. The minimum Gasteiger partial charge on any atom is -0.481 e. The van der Waals surface area contributed by atoms with Crippen molar-refractivity contribution in [3.63, 3.8) is 0 Å². The summed E-state index contributed by atoms with van der Waals surface area (Å²) in [6, 6.07) is 2.24. The number of rotatable bonds is 18. The number of thiophene rings is 1. The molecule has 3 aliphatic heterocycles. The molecule has 0 radical (unpaired) electrons. The zero-order valence-electron chi connectivity index (χ0n) is 28.0. The summed E-state index contributed by atoms with van der Waals surface area (Å²) in [5.74, 6) is -0.267. The van der Waals surface area contributed by atoms with Gasteiger partial charge in [0.25, 0.3) is 0 Å². The molecule has 4 heterocycles. The molecule has 1 saturated carbocycles. The molecule has 1 aliphatic carbocycles. The lowest BCUT2D eigenvalue weighted by atomic mass is 9.87. The molecular formula is C37H58O8S. The summed E-state index contributed by atoms with van der Waals surface area (Å²) in [5.41, 5.74) is 1.40. The Morgan fingerprint density at radius 2 is 1.57 bits per heavy atom. The van der Waals surface area contributed by atoms with E-state index in [-0.39, 0.29) is 55.4 Å². The highest BCUT2D eigenvalue weighted by Crippen LogP contribution is 2.43. The Bertz CT molecular complexity index is 1030. The lowest BCUT2D eigenvalue weighted by Gasteiger charge is -2.31. The molecule has 3 unspecified atom stereocenters. The van der Waals surface area contributed by atoms with E-state index in [1.165, 1.54) is 10.4 Å². The molecule has 0 spiro atoms. The van der Waals surface area contributed by atoms with Gasteiger partial charge in [0, 0.05) is 43.5 Å². The maximum Gasteiger partial charge on any atom is 0.303 e. The van der Waals surface area contributed by atoms with Crippen LogP contribution < -0.4 is 0 Å². The molecule has 3 saturated heterocycles. The fraction of sp³-hybridized carbons (Fsp3) is 0.811. The zero-order chi connectivity index (χ0) is 32.0. The van der Waals surface area contributed by atoms with Crippen LogP contribution in [-0.2, 0) is 39.6 Å². The highest BCUT2D eigenvalue weighted by molar-refractivity contribution is 7.10. The molecule has 9 heteroatoms. The van der Waals surface area contributed by atoms with Crippen LogP contribution in [0.25, 0.3) is 0 Å². The number of aliphatic carboxylic acids is 1. The van der Waals surface area contributed by atoms with Crippen LogP contribution in [0.1, 0.15) is 120 Å². The van der Waals surface area contributed by atoms with Gasteiger partial charge in [-0.2, -0.15) is 0 Å². The van der Waals surface area contributed by atoms with Gasteiger partial charge in [-0.05, 0) is 113 Å². The number of unbranched alkanes of at least 4 members (excludes halogenated alkanes) is 3. The molecule has 4 fully saturated rings. The van der Waals surface area contributed by atoms with Gasteiger partial charge in [-0.3, -0.25) is 4.79 Å². The Morgan fingerprint density at radius 3 is 2.17 bits per heavy atom. The van der Waals surface area contributed by atoms with Crippen molar-refractivity contribution in [3.05, 3.63) is 34.0 Å². The minimum atomic E-state index is -0.712. The van der Waals surface area contributed by atoms with Crippen LogP contribution in [0.2, 0.25) is 0 Å². The summed E-state index contributed by atoms with van der Waals surface area (Å²) < 4.78 is 38.3. The number of carboxylic acids is 1. The van der Waals surface area contributed by atoms with Gasteiger partial charge < -0.3 is 33.5 Å². The van der Waals surface area contributed by atoms with Gasteiger partial charge in [-0.25, -0.2) is 0 Å². The molecule has 1 N–H and O–H groups in total. The molecule has 0 bridgehead atoms. The third-order valence-electron chi connectivity index (χ3n) is 10.1. The van der Waals surface area contributed by atoms with E-state index in [2.05, 4.69) is 30.5 Å². The summed E-state index contributed by atoms with van der Waals surface area (Å²) >= 11 is 1.81. The van der Waals surface area contributed by atoms with Crippen LogP contribution in [0.5, 0.6) is 0 Å². The maximum absolute atomic E-state index is 11.0. The van der Waals surface area contributed by atoms with Crippen molar-refractivity contribution in [2.75, 3.05) is 19.8 Å². The summed E-state index contributed by atoms with van der Waals surface area (Å²) in [7, 11) is 0. The fourth-order valence-corrected chi connectivity index (χ4v) is 8.27. The van der Waals surface area contributed by atoms with Crippen LogP contribution in [0, 0.1) is 18.8 Å². The largest absolute Gasteiger partial charge is 0.481 e. The smallest absolute Gasteiger partial charge is 0.303 e. The van der Waals surface area contributed by atoms with E-state index in [4.69, 9.17) is 33.5 Å². The summed E-state index contributed by atoms with van der Waals surface area (Å²) in [5, 5.41) is 11.2. The highest BCUT2D eigenvalue weighted by Gasteiger charge is 2.45. The molecule has 5 rings (SSSR count). The van der Waals surface area contributed by atoms with E-state index in [0.717, 1.165) is 129 Å². The second kappa shape index (κ2) is 19.6. The molecular weight excluding hydrogens is 604 g/mol. The van der Waals surface area contributed by atoms with E-state index in [0.29, 0.717) is 0 Å². The van der Waals surface area contributed by atoms with Gasteiger partial charge in [0.1, 0.15) is 0 Å². The predicted octanol–water partition coefficient (Wildman–Crippen LogP) is 8.34. The van der Waals surface area contributed by atoms with Crippen molar-refractivity contribution in [1.82, 2.24) is 0 Å². The van der Waals surface area contributed by atoms with Crippen molar-refractivity contribution in [3.8, 4) is 0 Å². The van der Waals surface area contributed by atoms with Gasteiger partial charge in [-0.1, -0.05) is 31.4 Å². The molecule has 8 atom stereocenters. The standard InChI is InChI=1S/C37H58O8S/c1-27-28(21-25-46-27)17-18-29(43-35-14-6-9-22-40-35)19-20-31-30(12-4-2-3-5-13-34(38)39)32(44-36-15-7-10-23-41-36)26-33(31)45-37-16-8-11-24-42-37/h19-21,25,29-33,35-37H,2-18,22-24,26H2,1H3,(H,38,39)/t29-,30+,31+,32-,33+,35?,36?,37?/m0/s1. The molecule has 4 aliphatic rings.